The number of pyridine rings is 1. The molecule has 1 atom stereocenters. The molecule has 194 valence electrons. The Kier molecular flexibility index (Phi) is 6.74. The van der Waals surface area contributed by atoms with E-state index in [-0.39, 0.29) is 22.1 Å². The molecule has 1 fully saturated rings. The molecule has 3 aromatic rings. The lowest BCUT2D eigenvalue weighted by Crippen LogP contribution is -2.46. The number of anilines is 2. The van der Waals surface area contributed by atoms with Crippen molar-refractivity contribution < 1.29 is 13.9 Å². The molecule has 1 aromatic heterocycles. The fourth-order valence-corrected chi connectivity index (χ4v) is 4.85. The van der Waals surface area contributed by atoms with Crippen LogP contribution in [0.15, 0.2) is 41.3 Å². The van der Waals surface area contributed by atoms with Crippen LogP contribution in [0.5, 0.6) is 5.75 Å². The number of rotatable bonds is 3. The number of aryl methyl sites for hydroxylation is 1. The Hall–Kier alpha value is -3.70. The zero-order chi connectivity index (χ0) is 26.3. The molecule has 2 aromatic carbocycles. The number of hydrazine groups is 1. The van der Waals surface area contributed by atoms with Gasteiger partial charge >= 0.3 is 0 Å². The number of nitrogens with zero attached hydrogens (tertiary/aromatic N) is 3. The van der Waals surface area contributed by atoms with Gasteiger partial charge in [-0.1, -0.05) is 17.7 Å². The maximum absolute atomic E-state index is 15.5. The molecule has 0 radical (unpaired) electrons. The maximum atomic E-state index is 15.5. The van der Waals surface area contributed by atoms with Gasteiger partial charge in [0.2, 0.25) is 5.43 Å². The normalized spacial score (nSPS) is 17.3. The molecule has 2 aliphatic rings. The summed E-state index contributed by atoms with van der Waals surface area (Å²) in [5.41, 5.74) is 7.12. The van der Waals surface area contributed by atoms with Crippen LogP contribution < -0.4 is 31.2 Å². The first-order chi connectivity index (χ1) is 17.7. The highest BCUT2D eigenvalue weighted by atomic mass is 32.1. The highest BCUT2D eigenvalue weighted by Gasteiger charge is 2.31. The van der Waals surface area contributed by atoms with E-state index in [9.17, 15) is 9.59 Å². The lowest BCUT2D eigenvalue weighted by atomic mass is 10.0. The number of benzene rings is 2. The number of ether oxygens (including phenoxy) is 1. The van der Waals surface area contributed by atoms with Crippen molar-refractivity contribution in [3.05, 3.63) is 63.7 Å². The zero-order valence-electron chi connectivity index (χ0n) is 20.9. The number of likely N-dealkylation sites (N-methyl/N-ethyl adjacent to an activating group) is 1. The molecule has 0 aliphatic carbocycles. The molecule has 5 rings (SSSR count). The molecule has 1 amide bonds. The average molecular weight is 525 g/mol. The van der Waals surface area contributed by atoms with Crippen LogP contribution in [-0.4, -0.2) is 60.3 Å². The van der Waals surface area contributed by atoms with Crippen molar-refractivity contribution in [3.63, 3.8) is 0 Å². The van der Waals surface area contributed by atoms with Gasteiger partial charge in [-0.15, -0.1) is 0 Å². The predicted octanol–water partition coefficient (Wildman–Crippen LogP) is 2.79. The van der Waals surface area contributed by atoms with Gasteiger partial charge in [-0.25, -0.2) is 4.39 Å². The van der Waals surface area contributed by atoms with Gasteiger partial charge in [0.25, 0.3) is 5.91 Å². The van der Waals surface area contributed by atoms with Crippen LogP contribution in [0.1, 0.15) is 28.9 Å². The van der Waals surface area contributed by atoms with Crippen molar-refractivity contribution in [1.29, 1.82) is 0 Å². The van der Waals surface area contributed by atoms with Gasteiger partial charge < -0.3 is 24.4 Å². The number of aromatic nitrogens is 1. The van der Waals surface area contributed by atoms with Crippen molar-refractivity contribution in [2.45, 2.75) is 19.9 Å². The molecule has 2 aliphatic heterocycles. The Bertz CT molecular complexity index is 1430. The Morgan fingerprint density at radius 2 is 1.84 bits per heavy atom. The summed E-state index contributed by atoms with van der Waals surface area (Å²) in [6, 6.07) is 8.64. The number of carbonyl (C=O) groups is 1. The highest BCUT2D eigenvalue weighted by Crippen LogP contribution is 2.42. The smallest absolute Gasteiger partial charge is 0.275 e. The molecule has 0 spiro atoms. The molecule has 1 unspecified atom stereocenters. The van der Waals surface area contributed by atoms with Crippen LogP contribution in [0.3, 0.4) is 0 Å². The van der Waals surface area contributed by atoms with E-state index in [0.29, 0.717) is 36.6 Å². The number of halogens is 1. The van der Waals surface area contributed by atoms with Gasteiger partial charge in [0.1, 0.15) is 17.9 Å². The van der Waals surface area contributed by atoms with Gasteiger partial charge in [-0.2, -0.15) is 0 Å². The van der Waals surface area contributed by atoms with E-state index in [4.69, 9.17) is 17.0 Å². The summed E-state index contributed by atoms with van der Waals surface area (Å²) >= 11 is 5.25. The van der Waals surface area contributed by atoms with Crippen LogP contribution in [0.2, 0.25) is 0 Å². The molecule has 9 nitrogen and oxygen atoms in total. The number of hydrogen-bond donors (Lipinski definition) is 3. The Labute approximate surface area is 219 Å². The largest absolute Gasteiger partial charge is 0.487 e. The summed E-state index contributed by atoms with van der Waals surface area (Å²) < 4.78 is 23.3. The lowest BCUT2D eigenvalue weighted by molar-refractivity contribution is 0.0942. The van der Waals surface area contributed by atoms with Crippen molar-refractivity contribution in [2.75, 3.05) is 50.1 Å². The first-order valence-corrected chi connectivity index (χ1v) is 12.6. The standard InChI is InChI=1S/C26H29FN6O3S/c1-15-4-6-17(7-5-15)28-26(37)30-29-25(35)19-13-33-16(2)14-36-24-21(33)18(23(19)34)12-20(27)22(24)32-10-8-31(3)9-11-32/h4-7,12-13,16H,8-11,14H2,1-3H3,(H,29,35)(H2,28,30,37). The van der Waals surface area contributed by atoms with E-state index in [1.807, 2.05) is 54.6 Å². The van der Waals surface area contributed by atoms with Crippen LogP contribution in [0, 0.1) is 12.7 Å². The number of piperazine rings is 1. The molecule has 0 saturated carbocycles. The molecule has 1 saturated heterocycles. The Morgan fingerprint density at radius 1 is 1.14 bits per heavy atom. The van der Waals surface area contributed by atoms with E-state index in [0.717, 1.165) is 24.3 Å². The Balaban J connectivity index is 1.44. The lowest BCUT2D eigenvalue weighted by Gasteiger charge is -2.37. The fourth-order valence-electron chi connectivity index (χ4n) is 4.68. The van der Waals surface area contributed by atoms with E-state index in [1.54, 1.807) is 0 Å². The quantitative estimate of drug-likeness (QED) is 0.356. The first kappa shape index (κ1) is 25.0. The predicted molar refractivity (Wildman–Crippen MR) is 146 cm³/mol. The number of carbonyl (C=O) groups excluding carboxylic acids is 1. The molecule has 3 heterocycles. The van der Waals surface area contributed by atoms with Crippen LogP contribution >= 0.6 is 12.2 Å². The zero-order valence-corrected chi connectivity index (χ0v) is 21.7. The van der Waals surface area contributed by atoms with Crippen molar-refractivity contribution in [2.24, 2.45) is 0 Å². The minimum Gasteiger partial charge on any atom is -0.487 e. The van der Waals surface area contributed by atoms with Crippen LogP contribution in [-0.2, 0) is 0 Å². The van der Waals surface area contributed by atoms with Gasteiger partial charge in [0, 0.05) is 38.1 Å². The second kappa shape index (κ2) is 9.98. The number of thiocarbonyl (C=S) groups is 1. The van der Waals surface area contributed by atoms with Crippen molar-refractivity contribution in [1.82, 2.24) is 20.3 Å². The van der Waals surface area contributed by atoms with Gasteiger partial charge in [-0.05, 0) is 51.3 Å². The van der Waals surface area contributed by atoms with Gasteiger partial charge in [0.15, 0.2) is 16.7 Å². The molecular weight excluding hydrogens is 495 g/mol. The first-order valence-electron chi connectivity index (χ1n) is 12.1. The minimum absolute atomic E-state index is 0.102. The average Bonchev–Trinajstić information content (AvgIpc) is 2.88. The third kappa shape index (κ3) is 4.84. The van der Waals surface area contributed by atoms with E-state index in [2.05, 4.69) is 21.1 Å². The minimum atomic E-state index is -0.674. The summed E-state index contributed by atoms with van der Waals surface area (Å²) in [6.45, 7) is 7.09. The second-order valence-electron chi connectivity index (χ2n) is 9.56. The van der Waals surface area contributed by atoms with E-state index >= 15 is 4.39 Å². The second-order valence-corrected chi connectivity index (χ2v) is 9.97. The summed E-state index contributed by atoms with van der Waals surface area (Å²) in [7, 11) is 2.03. The number of hydrogen-bond acceptors (Lipinski definition) is 6. The number of nitrogens with one attached hydrogen (secondary N) is 3. The molecule has 11 heteroatoms. The molecular formula is C26H29FN6O3S. The van der Waals surface area contributed by atoms with Crippen LogP contribution in [0.25, 0.3) is 10.9 Å². The van der Waals surface area contributed by atoms with Crippen molar-refractivity contribution >= 4 is 45.5 Å². The van der Waals surface area contributed by atoms with Gasteiger partial charge in [0.05, 0.1) is 16.9 Å². The summed E-state index contributed by atoms with van der Waals surface area (Å²) in [4.78, 5) is 30.5. The van der Waals surface area contributed by atoms with E-state index < -0.39 is 17.2 Å². The molecule has 3 N–H and O–H groups in total. The summed E-state index contributed by atoms with van der Waals surface area (Å²) in [5, 5.41) is 3.22. The SMILES string of the molecule is Cc1ccc(NC(=S)NNC(=O)c2cn3c4c(c(N5CCN(C)CC5)c(F)cc4c2=O)OCC3C)cc1. The van der Waals surface area contributed by atoms with E-state index in [1.165, 1.54) is 12.3 Å². The highest BCUT2D eigenvalue weighted by molar-refractivity contribution is 7.80. The monoisotopic (exact) mass is 524 g/mol. The Morgan fingerprint density at radius 3 is 2.54 bits per heavy atom. The summed E-state index contributed by atoms with van der Waals surface area (Å²) in [5.74, 6) is -0.861. The van der Waals surface area contributed by atoms with Crippen molar-refractivity contribution in [3.8, 4) is 5.75 Å². The topological polar surface area (TPSA) is 90.9 Å². The summed E-state index contributed by atoms with van der Waals surface area (Å²) in [6.07, 6.45) is 1.51. The van der Waals surface area contributed by atoms with Crippen LogP contribution in [0.4, 0.5) is 15.8 Å². The van der Waals surface area contributed by atoms with Gasteiger partial charge in [-0.3, -0.25) is 20.4 Å². The fraction of sp³-hybridized carbons (Fsp3) is 0.346. The molecule has 37 heavy (non-hydrogen) atoms. The molecule has 0 bridgehead atoms. The third-order valence-electron chi connectivity index (χ3n) is 6.81. The number of amides is 1. The third-order valence-corrected chi connectivity index (χ3v) is 7.01. The maximum Gasteiger partial charge on any atom is 0.275 e.